The molecule has 2 aliphatic rings. The molecular weight excluding hydrogens is 420 g/mol. The molecule has 2 aliphatic heterocycles. The van der Waals surface area contributed by atoms with Gasteiger partial charge >= 0.3 is 5.97 Å². The van der Waals surface area contributed by atoms with Crippen LogP contribution in [0.3, 0.4) is 0 Å². The summed E-state index contributed by atoms with van der Waals surface area (Å²) in [7, 11) is 3.29. The Balaban J connectivity index is 1.80. The van der Waals surface area contributed by atoms with E-state index in [1.807, 2.05) is 0 Å². The fraction of sp³-hybridized carbons (Fsp3) is 0.429. The predicted octanol–water partition coefficient (Wildman–Crippen LogP) is -0.680. The summed E-state index contributed by atoms with van der Waals surface area (Å²) in [4.78, 5) is 78.1. The van der Waals surface area contributed by atoms with Gasteiger partial charge in [-0.1, -0.05) is 12.1 Å². The Bertz CT molecular complexity index is 971. The molecule has 1 fully saturated rings. The van der Waals surface area contributed by atoms with Crippen molar-refractivity contribution in [1.29, 1.82) is 0 Å². The second kappa shape index (κ2) is 8.87. The lowest BCUT2D eigenvalue weighted by Crippen LogP contribution is -2.60. The van der Waals surface area contributed by atoms with Gasteiger partial charge in [0.1, 0.15) is 12.1 Å². The van der Waals surface area contributed by atoms with E-state index in [2.05, 4.69) is 5.32 Å². The van der Waals surface area contributed by atoms with Gasteiger partial charge in [-0.3, -0.25) is 38.7 Å². The first-order valence-electron chi connectivity index (χ1n) is 10.0. The molecule has 3 atom stereocenters. The average Bonchev–Trinajstić information content (AvgIpc) is 3.00. The number of piperidine rings is 1. The van der Waals surface area contributed by atoms with Crippen molar-refractivity contribution >= 4 is 35.5 Å². The van der Waals surface area contributed by atoms with E-state index in [1.165, 1.54) is 12.1 Å². The van der Waals surface area contributed by atoms with Crippen LogP contribution in [0.1, 0.15) is 40.5 Å². The Morgan fingerprint density at radius 3 is 2.19 bits per heavy atom. The molecule has 11 heteroatoms. The third-order valence-corrected chi connectivity index (χ3v) is 5.75. The number of imide groups is 2. The number of rotatable bonds is 7. The van der Waals surface area contributed by atoms with Gasteiger partial charge in [-0.05, 0) is 39.6 Å². The number of nitrogens with one attached hydrogen (secondary N) is 1. The van der Waals surface area contributed by atoms with E-state index in [9.17, 15) is 33.9 Å². The fourth-order valence-electron chi connectivity index (χ4n) is 3.64. The summed E-state index contributed by atoms with van der Waals surface area (Å²) in [6.45, 7) is 0.961. The molecule has 0 aliphatic carbocycles. The Labute approximate surface area is 183 Å². The standard InChI is InChI=1S/C21H24N4O7/c1-11(23(2)3)17(27)22-14(21(31)32)10-24-16(26)9-8-15(20(24)30)25-18(28)12-6-4-5-7-13(12)19(25)29/h4-7,11,14-15H,8-10H2,1-3H3,(H,22,27)(H,31,32)/t11?,14-,15?/m0/s1. The molecule has 0 aromatic heterocycles. The number of likely N-dealkylation sites (N-methyl/N-ethyl adjacent to an activating group) is 1. The van der Waals surface area contributed by atoms with Crippen LogP contribution in [0.4, 0.5) is 0 Å². The van der Waals surface area contributed by atoms with Crippen LogP contribution >= 0.6 is 0 Å². The van der Waals surface area contributed by atoms with Crippen molar-refractivity contribution in [2.24, 2.45) is 0 Å². The summed E-state index contributed by atoms with van der Waals surface area (Å²) in [6.07, 6.45) is -0.209. The maximum atomic E-state index is 13.1. The van der Waals surface area contributed by atoms with Crippen molar-refractivity contribution in [3.8, 4) is 0 Å². The number of carboxylic acid groups (broad SMARTS) is 1. The van der Waals surface area contributed by atoms with Gasteiger partial charge in [0.25, 0.3) is 17.7 Å². The lowest BCUT2D eigenvalue weighted by molar-refractivity contribution is -0.154. The minimum atomic E-state index is -1.54. The summed E-state index contributed by atoms with van der Waals surface area (Å²) in [5.41, 5.74) is 0.337. The number of likely N-dealkylation sites (tertiary alicyclic amines) is 1. The molecule has 1 aromatic carbocycles. The normalized spacial score (nSPS) is 20.4. The van der Waals surface area contributed by atoms with Crippen LogP contribution in [0, 0.1) is 0 Å². The predicted molar refractivity (Wildman–Crippen MR) is 109 cm³/mol. The van der Waals surface area contributed by atoms with Crippen LogP contribution in [0.5, 0.6) is 0 Å². The Kier molecular flexibility index (Phi) is 6.40. The van der Waals surface area contributed by atoms with E-state index in [1.54, 1.807) is 38.1 Å². The minimum Gasteiger partial charge on any atom is -0.480 e. The summed E-state index contributed by atoms with van der Waals surface area (Å²) in [5.74, 6) is -4.77. The highest BCUT2D eigenvalue weighted by molar-refractivity contribution is 6.23. The summed E-state index contributed by atoms with van der Waals surface area (Å²) in [5, 5.41) is 11.9. The number of aliphatic carboxylic acids is 1. The topological polar surface area (TPSA) is 144 Å². The maximum absolute atomic E-state index is 13.1. The van der Waals surface area contributed by atoms with Crippen molar-refractivity contribution in [1.82, 2.24) is 20.0 Å². The monoisotopic (exact) mass is 444 g/mol. The molecule has 0 bridgehead atoms. The van der Waals surface area contributed by atoms with Crippen molar-refractivity contribution in [3.63, 3.8) is 0 Å². The minimum absolute atomic E-state index is 0.0542. The third kappa shape index (κ3) is 4.11. The highest BCUT2D eigenvalue weighted by Gasteiger charge is 2.47. The Morgan fingerprint density at radius 1 is 1.12 bits per heavy atom. The van der Waals surface area contributed by atoms with Gasteiger partial charge in [-0.2, -0.15) is 0 Å². The molecule has 0 spiro atoms. The first-order chi connectivity index (χ1) is 15.0. The zero-order valence-electron chi connectivity index (χ0n) is 17.9. The van der Waals surface area contributed by atoms with E-state index in [0.29, 0.717) is 4.90 Å². The first kappa shape index (κ1) is 23.1. The molecule has 5 amide bonds. The van der Waals surface area contributed by atoms with Gasteiger partial charge in [-0.25, -0.2) is 4.79 Å². The first-order valence-corrected chi connectivity index (χ1v) is 10.0. The lowest BCUT2D eigenvalue weighted by atomic mass is 10.0. The summed E-state index contributed by atoms with van der Waals surface area (Å²) < 4.78 is 0. The van der Waals surface area contributed by atoms with Crippen LogP contribution < -0.4 is 5.32 Å². The van der Waals surface area contributed by atoms with Crippen molar-refractivity contribution in [2.75, 3.05) is 20.6 Å². The summed E-state index contributed by atoms with van der Waals surface area (Å²) in [6, 6.07) is 2.74. The zero-order valence-corrected chi connectivity index (χ0v) is 17.9. The van der Waals surface area contributed by atoms with E-state index >= 15 is 0 Å². The van der Waals surface area contributed by atoms with Gasteiger partial charge in [-0.15, -0.1) is 0 Å². The molecule has 32 heavy (non-hydrogen) atoms. The smallest absolute Gasteiger partial charge is 0.328 e. The summed E-state index contributed by atoms with van der Waals surface area (Å²) >= 11 is 0. The second-order valence-corrected chi connectivity index (χ2v) is 7.96. The number of carbonyl (C=O) groups excluding carboxylic acids is 5. The number of amides is 5. The van der Waals surface area contributed by atoms with Gasteiger partial charge in [0.2, 0.25) is 11.8 Å². The zero-order chi connectivity index (χ0) is 23.7. The van der Waals surface area contributed by atoms with Crippen LogP contribution in [-0.2, 0) is 19.2 Å². The molecule has 2 unspecified atom stereocenters. The van der Waals surface area contributed by atoms with E-state index in [0.717, 1.165) is 4.90 Å². The van der Waals surface area contributed by atoms with Crippen molar-refractivity contribution in [3.05, 3.63) is 35.4 Å². The number of carbonyl (C=O) groups is 6. The number of carboxylic acids is 1. The number of nitrogens with zero attached hydrogens (tertiary/aromatic N) is 3. The SMILES string of the molecule is CC(C(=O)N[C@@H](CN1C(=O)CCC(N2C(=O)c3ccccc3C2=O)C1=O)C(=O)O)N(C)C. The van der Waals surface area contributed by atoms with E-state index in [-0.39, 0.29) is 24.0 Å². The van der Waals surface area contributed by atoms with Crippen molar-refractivity contribution in [2.45, 2.75) is 37.9 Å². The van der Waals surface area contributed by atoms with Crippen LogP contribution in [-0.4, -0.2) is 94.1 Å². The fourth-order valence-corrected chi connectivity index (χ4v) is 3.64. The number of hydrogen-bond donors (Lipinski definition) is 2. The molecule has 0 saturated carbocycles. The molecule has 170 valence electrons. The molecule has 3 rings (SSSR count). The van der Waals surface area contributed by atoms with E-state index < -0.39 is 60.2 Å². The molecule has 11 nitrogen and oxygen atoms in total. The number of benzene rings is 1. The van der Waals surface area contributed by atoms with Gasteiger partial charge in [0.15, 0.2) is 0 Å². The molecule has 1 aromatic rings. The quantitative estimate of drug-likeness (QED) is 0.527. The van der Waals surface area contributed by atoms with Crippen molar-refractivity contribution < 1.29 is 33.9 Å². The number of fused-ring (bicyclic) bond motifs is 1. The molecule has 0 radical (unpaired) electrons. The molecule has 2 heterocycles. The average molecular weight is 444 g/mol. The Hall–Kier alpha value is -3.60. The lowest BCUT2D eigenvalue weighted by Gasteiger charge is -2.35. The third-order valence-electron chi connectivity index (χ3n) is 5.75. The molecule has 2 N–H and O–H groups in total. The van der Waals surface area contributed by atoms with Crippen LogP contribution in [0.2, 0.25) is 0 Å². The van der Waals surface area contributed by atoms with Crippen LogP contribution in [0.25, 0.3) is 0 Å². The van der Waals surface area contributed by atoms with Gasteiger partial charge in [0, 0.05) is 6.42 Å². The second-order valence-electron chi connectivity index (χ2n) is 7.96. The van der Waals surface area contributed by atoms with Gasteiger partial charge < -0.3 is 10.4 Å². The van der Waals surface area contributed by atoms with Gasteiger partial charge in [0.05, 0.1) is 23.7 Å². The van der Waals surface area contributed by atoms with Crippen LogP contribution in [0.15, 0.2) is 24.3 Å². The van der Waals surface area contributed by atoms with E-state index in [4.69, 9.17) is 0 Å². The Morgan fingerprint density at radius 2 is 1.69 bits per heavy atom. The highest BCUT2D eigenvalue weighted by atomic mass is 16.4. The maximum Gasteiger partial charge on any atom is 0.328 e. The molecule has 1 saturated heterocycles. The largest absolute Gasteiger partial charge is 0.480 e. The number of hydrogen-bond acceptors (Lipinski definition) is 7. The molecular formula is C21H24N4O7. The highest BCUT2D eigenvalue weighted by Crippen LogP contribution is 2.29.